The number of likely N-dealkylation sites (tertiary alicyclic amines) is 1. The lowest BCUT2D eigenvalue weighted by atomic mass is 9.96. The van der Waals surface area contributed by atoms with E-state index in [9.17, 15) is 9.90 Å². The van der Waals surface area contributed by atoms with Crippen molar-refractivity contribution in [3.05, 3.63) is 46.6 Å². The Morgan fingerprint density at radius 1 is 1.36 bits per heavy atom. The maximum atomic E-state index is 12.4. The van der Waals surface area contributed by atoms with Gasteiger partial charge in [0, 0.05) is 36.3 Å². The number of carbonyl (C=O) groups is 1. The Morgan fingerprint density at radius 2 is 2.04 bits per heavy atom. The van der Waals surface area contributed by atoms with Crippen molar-refractivity contribution in [3.8, 4) is 0 Å². The van der Waals surface area contributed by atoms with Crippen LogP contribution in [-0.4, -0.2) is 41.2 Å². The van der Waals surface area contributed by atoms with Crippen LogP contribution in [-0.2, 0) is 11.3 Å². The molecule has 2 aliphatic rings. The van der Waals surface area contributed by atoms with E-state index >= 15 is 0 Å². The molecule has 3 rings (SSSR count). The summed E-state index contributed by atoms with van der Waals surface area (Å²) in [4.78, 5) is 18.7. The largest absolute Gasteiger partial charge is 0.368 e. The molecule has 1 atom stereocenters. The molecule has 134 valence electrons. The molecule has 6 nitrogen and oxygen atoms in total. The summed E-state index contributed by atoms with van der Waals surface area (Å²) in [5.74, 6) is 0.783. The number of piperidine rings is 1. The average Bonchev–Trinajstić information content (AvgIpc) is 2.60. The Balaban J connectivity index is 1.47. The molecular formula is C18H23ClN4O2. The lowest BCUT2D eigenvalue weighted by molar-refractivity contribution is -0.126. The van der Waals surface area contributed by atoms with Gasteiger partial charge in [-0.1, -0.05) is 23.7 Å². The van der Waals surface area contributed by atoms with Crippen molar-refractivity contribution in [1.29, 1.82) is 0 Å². The highest BCUT2D eigenvalue weighted by atomic mass is 35.5. The van der Waals surface area contributed by atoms with Crippen LogP contribution in [0, 0.1) is 5.92 Å². The molecule has 0 spiro atoms. The second-order valence-corrected chi connectivity index (χ2v) is 6.88. The van der Waals surface area contributed by atoms with E-state index in [1.807, 2.05) is 31.2 Å². The fraction of sp³-hybridized carbons (Fsp3) is 0.444. The van der Waals surface area contributed by atoms with E-state index in [4.69, 9.17) is 11.6 Å². The van der Waals surface area contributed by atoms with Crippen LogP contribution in [0.3, 0.4) is 0 Å². The van der Waals surface area contributed by atoms with Crippen molar-refractivity contribution in [2.75, 3.05) is 13.1 Å². The zero-order valence-corrected chi connectivity index (χ0v) is 15.0. The second-order valence-electron chi connectivity index (χ2n) is 6.45. The topological polar surface area (TPSA) is 77.0 Å². The lowest BCUT2D eigenvalue weighted by Gasteiger charge is -2.35. The van der Waals surface area contributed by atoms with Crippen LogP contribution in [0.1, 0.15) is 25.3 Å². The smallest absolute Gasteiger partial charge is 0.223 e. The molecule has 0 radical (unpaired) electrons. The van der Waals surface area contributed by atoms with Crippen LogP contribution in [0.4, 0.5) is 0 Å². The van der Waals surface area contributed by atoms with E-state index in [1.165, 1.54) is 0 Å². The standard InChI is InChI=1S/C18H23ClN4O2/c1-12-10-16(24)22-18(21-12)23-8-6-14(7-9-23)17(25)20-11-13-2-4-15(19)5-3-13/h2-5,10,14,16,24H,6-9,11H2,1H3,(H,20,25)(H,21,22)/t16-/m0/s1. The number of hydrogen-bond acceptors (Lipinski definition) is 5. The Morgan fingerprint density at radius 3 is 2.68 bits per heavy atom. The van der Waals surface area contributed by atoms with Gasteiger partial charge in [-0.2, -0.15) is 0 Å². The molecule has 0 bridgehead atoms. The van der Waals surface area contributed by atoms with Gasteiger partial charge in [-0.05, 0) is 43.5 Å². The third kappa shape index (κ3) is 4.74. The Kier molecular flexibility index (Phi) is 5.60. The fourth-order valence-corrected chi connectivity index (χ4v) is 3.21. The molecule has 1 saturated heterocycles. The first kappa shape index (κ1) is 17.8. The summed E-state index contributed by atoms with van der Waals surface area (Å²) in [5.41, 5.74) is 1.92. The monoisotopic (exact) mass is 362 g/mol. The fourth-order valence-electron chi connectivity index (χ4n) is 3.09. The molecule has 1 fully saturated rings. The van der Waals surface area contributed by atoms with Gasteiger partial charge in [0.1, 0.15) is 0 Å². The van der Waals surface area contributed by atoms with Gasteiger partial charge in [-0.3, -0.25) is 4.79 Å². The first-order valence-corrected chi connectivity index (χ1v) is 8.87. The van der Waals surface area contributed by atoms with E-state index in [-0.39, 0.29) is 11.8 Å². The highest BCUT2D eigenvalue weighted by molar-refractivity contribution is 6.30. The summed E-state index contributed by atoms with van der Waals surface area (Å²) >= 11 is 5.87. The van der Waals surface area contributed by atoms with Gasteiger partial charge >= 0.3 is 0 Å². The first-order valence-electron chi connectivity index (χ1n) is 8.49. The van der Waals surface area contributed by atoms with Crippen LogP contribution < -0.4 is 10.6 Å². The molecular weight excluding hydrogens is 340 g/mol. The van der Waals surface area contributed by atoms with E-state index in [0.29, 0.717) is 17.5 Å². The molecule has 0 aromatic heterocycles. The molecule has 0 aliphatic carbocycles. The highest BCUT2D eigenvalue weighted by Crippen LogP contribution is 2.19. The summed E-state index contributed by atoms with van der Waals surface area (Å²) in [6, 6.07) is 7.48. The van der Waals surface area contributed by atoms with Crippen molar-refractivity contribution >= 4 is 23.5 Å². The zero-order valence-electron chi connectivity index (χ0n) is 14.2. The van der Waals surface area contributed by atoms with Crippen molar-refractivity contribution in [2.24, 2.45) is 10.9 Å². The molecule has 2 aliphatic heterocycles. The minimum atomic E-state index is -0.795. The Labute approximate surface area is 152 Å². The number of aliphatic imine (C=N–C) groups is 1. The van der Waals surface area contributed by atoms with Crippen LogP contribution in [0.15, 0.2) is 41.0 Å². The number of guanidine groups is 1. The number of halogens is 1. The Bertz CT molecular complexity index is 679. The summed E-state index contributed by atoms with van der Waals surface area (Å²) in [7, 11) is 0. The van der Waals surface area contributed by atoms with Gasteiger partial charge in [0.15, 0.2) is 6.23 Å². The lowest BCUT2D eigenvalue weighted by Crippen LogP contribution is -2.48. The number of hydrogen-bond donors (Lipinski definition) is 3. The van der Waals surface area contributed by atoms with Crippen molar-refractivity contribution in [3.63, 3.8) is 0 Å². The number of rotatable bonds is 3. The van der Waals surface area contributed by atoms with Gasteiger partial charge in [0.25, 0.3) is 0 Å². The molecule has 2 heterocycles. The van der Waals surface area contributed by atoms with Crippen LogP contribution in [0.5, 0.6) is 0 Å². The minimum absolute atomic E-state index is 0.00861. The van der Waals surface area contributed by atoms with Crippen LogP contribution in [0.25, 0.3) is 0 Å². The van der Waals surface area contributed by atoms with E-state index in [2.05, 4.69) is 20.5 Å². The number of nitrogens with one attached hydrogen (secondary N) is 2. The number of aliphatic hydroxyl groups excluding tert-OH is 1. The van der Waals surface area contributed by atoms with Gasteiger partial charge < -0.3 is 20.6 Å². The highest BCUT2D eigenvalue weighted by Gasteiger charge is 2.27. The van der Waals surface area contributed by atoms with Crippen molar-refractivity contribution in [2.45, 2.75) is 32.5 Å². The van der Waals surface area contributed by atoms with Crippen molar-refractivity contribution < 1.29 is 9.90 Å². The summed E-state index contributed by atoms with van der Waals surface area (Å²) < 4.78 is 0. The maximum Gasteiger partial charge on any atom is 0.223 e. The number of aliphatic hydroxyl groups is 1. The molecule has 1 aromatic rings. The third-order valence-corrected chi connectivity index (χ3v) is 4.76. The minimum Gasteiger partial charge on any atom is -0.368 e. The first-order chi connectivity index (χ1) is 12.0. The molecule has 0 saturated carbocycles. The van der Waals surface area contributed by atoms with Gasteiger partial charge in [0.2, 0.25) is 11.9 Å². The van der Waals surface area contributed by atoms with Gasteiger partial charge in [-0.25, -0.2) is 4.99 Å². The van der Waals surface area contributed by atoms with Crippen LogP contribution in [0.2, 0.25) is 5.02 Å². The summed E-state index contributed by atoms with van der Waals surface area (Å²) in [6.07, 6.45) is 2.41. The van der Waals surface area contributed by atoms with E-state index in [1.54, 1.807) is 6.08 Å². The van der Waals surface area contributed by atoms with Crippen molar-refractivity contribution in [1.82, 2.24) is 15.5 Å². The van der Waals surface area contributed by atoms with Crippen LogP contribution >= 0.6 is 11.6 Å². The molecule has 1 aromatic carbocycles. The second kappa shape index (κ2) is 7.89. The number of amides is 1. The number of allylic oxidation sites excluding steroid dienone is 1. The third-order valence-electron chi connectivity index (χ3n) is 4.51. The molecule has 3 N–H and O–H groups in total. The summed E-state index contributed by atoms with van der Waals surface area (Å²) in [6.45, 7) is 3.89. The molecule has 0 unspecified atom stereocenters. The normalized spacial score (nSPS) is 21.2. The quantitative estimate of drug-likeness (QED) is 0.767. The SMILES string of the molecule is CC1=C[C@H](O)N=C(N2CCC(C(=O)NCc3ccc(Cl)cc3)CC2)N1. The predicted molar refractivity (Wildman–Crippen MR) is 97.9 cm³/mol. The van der Waals surface area contributed by atoms with E-state index < -0.39 is 6.23 Å². The molecule has 1 amide bonds. The number of nitrogens with zero attached hydrogens (tertiary/aromatic N) is 2. The van der Waals surface area contributed by atoms with Gasteiger partial charge in [-0.15, -0.1) is 0 Å². The van der Waals surface area contributed by atoms with Gasteiger partial charge in [0.05, 0.1) is 0 Å². The molecule has 25 heavy (non-hydrogen) atoms. The molecule has 7 heteroatoms. The van der Waals surface area contributed by atoms with E-state index in [0.717, 1.165) is 37.2 Å². The average molecular weight is 363 g/mol. The predicted octanol–water partition coefficient (Wildman–Crippen LogP) is 1.85. The number of carbonyl (C=O) groups excluding carboxylic acids is 1. The maximum absolute atomic E-state index is 12.4. The number of benzene rings is 1. The summed E-state index contributed by atoms with van der Waals surface area (Å²) in [5, 5.41) is 16.6. The zero-order chi connectivity index (χ0) is 17.8. The Hall–Kier alpha value is -2.05.